The highest BCUT2D eigenvalue weighted by Gasteiger charge is 2.31. The molecule has 0 aromatic heterocycles. The summed E-state index contributed by atoms with van der Waals surface area (Å²) >= 11 is 6.10. The molecule has 1 fully saturated rings. The van der Waals surface area contributed by atoms with E-state index in [0.29, 0.717) is 18.1 Å². The van der Waals surface area contributed by atoms with Crippen LogP contribution in [0.5, 0.6) is 0 Å². The molecule has 2 nitrogen and oxygen atoms in total. The van der Waals surface area contributed by atoms with E-state index in [-0.39, 0.29) is 6.04 Å². The molecule has 2 aromatic rings. The lowest BCUT2D eigenvalue weighted by Crippen LogP contribution is -2.51. The summed E-state index contributed by atoms with van der Waals surface area (Å²) in [5.74, 6) is 0. The van der Waals surface area contributed by atoms with Gasteiger partial charge in [-0.1, -0.05) is 61.0 Å². The van der Waals surface area contributed by atoms with Gasteiger partial charge in [0.05, 0.1) is 6.04 Å². The summed E-state index contributed by atoms with van der Waals surface area (Å²) in [7, 11) is 2.27. The number of piperidine rings is 1. The molecule has 25 heavy (non-hydrogen) atoms. The Kier molecular flexibility index (Phi) is 6.16. The highest BCUT2D eigenvalue weighted by atomic mass is 35.5. The van der Waals surface area contributed by atoms with Crippen molar-refractivity contribution in [3.05, 3.63) is 70.7 Å². The summed E-state index contributed by atoms with van der Waals surface area (Å²) in [6.07, 6.45) is 3.59. The van der Waals surface area contributed by atoms with Crippen LogP contribution in [0, 0.1) is 0 Å². The Morgan fingerprint density at radius 1 is 1.04 bits per heavy atom. The molecule has 0 amide bonds. The van der Waals surface area contributed by atoms with Crippen molar-refractivity contribution < 1.29 is 0 Å². The quantitative estimate of drug-likeness (QED) is 0.784. The molecule has 0 aliphatic carbocycles. The largest absolute Gasteiger partial charge is 0.303 e. The Morgan fingerprint density at radius 2 is 1.68 bits per heavy atom. The normalized spacial score (nSPS) is 25.7. The van der Waals surface area contributed by atoms with Gasteiger partial charge in [0, 0.05) is 23.1 Å². The van der Waals surface area contributed by atoms with Crippen LogP contribution in [-0.2, 0) is 0 Å². The second-order valence-corrected chi connectivity index (χ2v) is 7.74. The van der Waals surface area contributed by atoms with Gasteiger partial charge in [0.2, 0.25) is 0 Å². The van der Waals surface area contributed by atoms with Crippen LogP contribution in [0.1, 0.15) is 50.3 Å². The van der Waals surface area contributed by atoms with Gasteiger partial charge in [-0.05, 0) is 56.5 Å². The Labute approximate surface area is 157 Å². The van der Waals surface area contributed by atoms with E-state index in [1.54, 1.807) is 0 Å². The van der Waals surface area contributed by atoms with E-state index >= 15 is 0 Å². The van der Waals surface area contributed by atoms with Crippen LogP contribution in [0.3, 0.4) is 0 Å². The zero-order valence-corrected chi connectivity index (χ0v) is 16.2. The van der Waals surface area contributed by atoms with E-state index in [4.69, 9.17) is 11.6 Å². The van der Waals surface area contributed by atoms with Crippen molar-refractivity contribution in [2.45, 2.75) is 57.3 Å². The number of halogens is 1. The molecule has 0 saturated carbocycles. The van der Waals surface area contributed by atoms with Crippen molar-refractivity contribution >= 4 is 11.6 Å². The Morgan fingerprint density at radius 3 is 2.32 bits per heavy atom. The average molecular weight is 357 g/mol. The van der Waals surface area contributed by atoms with Crippen LogP contribution in [0.4, 0.5) is 0 Å². The fourth-order valence-electron chi connectivity index (χ4n) is 4.04. The first-order chi connectivity index (χ1) is 12.1. The Bertz CT molecular complexity index is 655. The summed E-state index contributed by atoms with van der Waals surface area (Å²) in [4.78, 5) is 2.54. The minimum Gasteiger partial charge on any atom is -0.303 e. The molecule has 0 bridgehead atoms. The molecule has 1 heterocycles. The minimum atomic E-state index is 0.205. The van der Waals surface area contributed by atoms with Gasteiger partial charge >= 0.3 is 0 Å². The lowest BCUT2D eigenvalue weighted by molar-refractivity contribution is 0.0961. The molecule has 0 spiro atoms. The molecule has 3 rings (SSSR count). The van der Waals surface area contributed by atoms with Gasteiger partial charge in [0.1, 0.15) is 0 Å². The average Bonchev–Trinajstić information content (AvgIpc) is 2.64. The molecule has 3 heteroatoms. The molecule has 134 valence electrons. The van der Waals surface area contributed by atoms with Crippen LogP contribution in [0.2, 0.25) is 5.02 Å². The molecule has 2 aromatic carbocycles. The van der Waals surface area contributed by atoms with Gasteiger partial charge in [0.15, 0.2) is 0 Å². The summed E-state index contributed by atoms with van der Waals surface area (Å²) in [5, 5.41) is 4.74. The summed E-state index contributed by atoms with van der Waals surface area (Å²) in [5.41, 5.74) is 2.58. The molecular weight excluding hydrogens is 328 g/mol. The monoisotopic (exact) mass is 356 g/mol. The van der Waals surface area contributed by atoms with Crippen LogP contribution >= 0.6 is 11.6 Å². The van der Waals surface area contributed by atoms with Crippen molar-refractivity contribution in [1.29, 1.82) is 0 Å². The van der Waals surface area contributed by atoms with Crippen LogP contribution < -0.4 is 5.32 Å². The van der Waals surface area contributed by atoms with E-state index in [1.807, 2.05) is 12.1 Å². The number of nitrogens with one attached hydrogen (secondary N) is 1. The molecule has 1 saturated heterocycles. The number of rotatable bonds is 5. The summed E-state index contributed by atoms with van der Waals surface area (Å²) in [6, 6.07) is 21.0. The van der Waals surface area contributed by atoms with Crippen LogP contribution in [0.15, 0.2) is 54.6 Å². The Hall–Kier alpha value is -1.35. The molecule has 3 unspecified atom stereocenters. The van der Waals surface area contributed by atoms with Gasteiger partial charge in [-0.15, -0.1) is 0 Å². The predicted molar refractivity (Wildman–Crippen MR) is 107 cm³/mol. The van der Waals surface area contributed by atoms with E-state index in [2.05, 4.69) is 73.6 Å². The van der Waals surface area contributed by atoms with Crippen molar-refractivity contribution in [2.75, 3.05) is 7.05 Å². The fraction of sp³-hybridized carbons (Fsp3) is 0.455. The maximum absolute atomic E-state index is 6.10. The highest BCUT2D eigenvalue weighted by molar-refractivity contribution is 6.30. The maximum atomic E-state index is 6.10. The van der Waals surface area contributed by atoms with E-state index in [1.165, 1.54) is 30.4 Å². The third-order valence-corrected chi connectivity index (χ3v) is 5.92. The molecule has 1 aliphatic heterocycles. The predicted octanol–water partition coefficient (Wildman–Crippen LogP) is 5.28. The number of hydrogen-bond acceptors (Lipinski definition) is 2. The van der Waals surface area contributed by atoms with Gasteiger partial charge in [-0.25, -0.2) is 0 Å². The lowest BCUT2D eigenvalue weighted by Gasteiger charge is -2.43. The highest BCUT2D eigenvalue weighted by Crippen LogP contribution is 2.29. The van der Waals surface area contributed by atoms with Crippen LogP contribution in [-0.4, -0.2) is 30.1 Å². The van der Waals surface area contributed by atoms with Crippen molar-refractivity contribution in [3.63, 3.8) is 0 Å². The fourth-order valence-corrected chi connectivity index (χ4v) is 4.17. The van der Waals surface area contributed by atoms with E-state index in [9.17, 15) is 0 Å². The second-order valence-electron chi connectivity index (χ2n) is 7.31. The molecule has 1 N–H and O–H groups in total. The van der Waals surface area contributed by atoms with Crippen LogP contribution in [0.25, 0.3) is 0 Å². The van der Waals surface area contributed by atoms with E-state index < -0.39 is 0 Å². The van der Waals surface area contributed by atoms with Gasteiger partial charge in [-0.2, -0.15) is 0 Å². The smallest absolute Gasteiger partial charge is 0.0578 e. The van der Waals surface area contributed by atoms with E-state index in [0.717, 1.165) is 5.02 Å². The Balaban J connectivity index is 1.84. The maximum Gasteiger partial charge on any atom is 0.0578 e. The molecule has 0 radical (unpaired) electrons. The first kappa shape index (κ1) is 18.4. The summed E-state index contributed by atoms with van der Waals surface area (Å²) in [6.45, 7) is 4.64. The molecular formula is C22H29ClN2. The van der Waals surface area contributed by atoms with Gasteiger partial charge < -0.3 is 10.2 Å². The number of likely N-dealkylation sites (tertiary alicyclic amines) is 1. The first-order valence-electron chi connectivity index (χ1n) is 9.37. The number of hydrogen-bond donors (Lipinski definition) is 1. The summed E-state index contributed by atoms with van der Waals surface area (Å²) < 4.78 is 0. The van der Waals surface area contributed by atoms with Crippen molar-refractivity contribution in [2.24, 2.45) is 0 Å². The van der Waals surface area contributed by atoms with Gasteiger partial charge in [-0.3, -0.25) is 0 Å². The van der Waals surface area contributed by atoms with Gasteiger partial charge in [0.25, 0.3) is 0 Å². The number of benzene rings is 2. The topological polar surface area (TPSA) is 15.3 Å². The first-order valence-corrected chi connectivity index (χ1v) is 9.74. The standard InChI is InChI=1S/C22H29ClN2/c1-4-21-15-20(14-16(2)25(21)3)24-22(17-8-6-5-7-9-17)18-10-12-19(23)13-11-18/h5-13,16,20-22,24H,4,14-15H2,1-3H3/t16?,20-,21?,22?/m1/s1. The minimum absolute atomic E-state index is 0.205. The lowest BCUT2D eigenvalue weighted by atomic mass is 9.89. The number of nitrogens with zero attached hydrogens (tertiary/aromatic N) is 1. The zero-order chi connectivity index (χ0) is 17.8. The van der Waals surface area contributed by atoms with Crippen molar-refractivity contribution in [1.82, 2.24) is 10.2 Å². The molecule has 4 atom stereocenters. The third-order valence-electron chi connectivity index (χ3n) is 5.66. The second kappa shape index (κ2) is 8.35. The SMILES string of the molecule is CCC1C[C@H](NC(c2ccccc2)c2ccc(Cl)cc2)CC(C)N1C. The molecule has 1 aliphatic rings. The third kappa shape index (κ3) is 4.44. The van der Waals surface area contributed by atoms with Crippen molar-refractivity contribution in [3.8, 4) is 0 Å². The zero-order valence-electron chi connectivity index (χ0n) is 15.5.